The number of anilines is 1. The Hall–Kier alpha value is -2.00. The largest absolute Gasteiger partial charge is 0.398 e. The van der Waals surface area contributed by atoms with Crippen molar-refractivity contribution in [3.63, 3.8) is 0 Å². The molecular formula is C10H14N6O2S. The Morgan fingerprint density at radius 1 is 1.42 bits per heavy atom. The number of hydrogen-bond acceptors (Lipinski definition) is 6. The lowest BCUT2D eigenvalue weighted by molar-refractivity contribution is 0.560. The summed E-state index contributed by atoms with van der Waals surface area (Å²) < 4.78 is 26.8. The number of nitrogen functional groups attached to an aromatic ring is 1. The van der Waals surface area contributed by atoms with Crippen molar-refractivity contribution < 1.29 is 8.42 Å². The molecule has 1 atom stereocenters. The molecule has 2 aromatic rings. The van der Waals surface area contributed by atoms with Gasteiger partial charge in [-0.3, -0.25) is 0 Å². The van der Waals surface area contributed by atoms with Gasteiger partial charge >= 0.3 is 0 Å². The lowest BCUT2D eigenvalue weighted by Gasteiger charge is -2.11. The predicted octanol–water partition coefficient (Wildman–Crippen LogP) is 0.130. The average molecular weight is 282 g/mol. The lowest BCUT2D eigenvalue weighted by Crippen LogP contribution is -2.27. The summed E-state index contributed by atoms with van der Waals surface area (Å²) in [6, 6.07) is 3.98. The molecular weight excluding hydrogens is 268 g/mol. The molecule has 0 bridgehead atoms. The topological polar surface area (TPSA) is 127 Å². The number of aromatic amines is 1. The number of nitrogens with one attached hydrogen (secondary N) is 2. The van der Waals surface area contributed by atoms with Gasteiger partial charge in [0, 0.05) is 5.69 Å². The van der Waals surface area contributed by atoms with Crippen LogP contribution in [0, 0.1) is 6.92 Å². The molecule has 0 amide bonds. The van der Waals surface area contributed by atoms with Crippen molar-refractivity contribution in [3.8, 4) is 0 Å². The zero-order chi connectivity index (χ0) is 14.0. The first-order valence-corrected chi connectivity index (χ1v) is 7.00. The molecule has 1 unspecified atom stereocenters. The Morgan fingerprint density at radius 2 is 2.16 bits per heavy atom. The van der Waals surface area contributed by atoms with Crippen LogP contribution >= 0.6 is 0 Å². The highest BCUT2D eigenvalue weighted by Gasteiger charge is 2.21. The maximum atomic E-state index is 12.1. The third-order valence-electron chi connectivity index (χ3n) is 2.64. The predicted molar refractivity (Wildman–Crippen MR) is 68.5 cm³/mol. The van der Waals surface area contributed by atoms with E-state index >= 15 is 0 Å². The van der Waals surface area contributed by atoms with Crippen LogP contribution in [0.1, 0.15) is 24.4 Å². The molecule has 0 saturated carbocycles. The number of aryl methyl sites for hydroxylation is 1. The van der Waals surface area contributed by atoms with Gasteiger partial charge in [0.05, 0.1) is 10.9 Å². The minimum absolute atomic E-state index is 0.103. The van der Waals surface area contributed by atoms with Crippen LogP contribution in [-0.4, -0.2) is 29.0 Å². The Bertz CT molecular complexity index is 667. The molecule has 0 aliphatic carbocycles. The highest BCUT2D eigenvalue weighted by Crippen LogP contribution is 2.18. The molecule has 4 N–H and O–H groups in total. The van der Waals surface area contributed by atoms with Crippen LogP contribution in [0.5, 0.6) is 0 Å². The molecule has 0 saturated heterocycles. The summed E-state index contributed by atoms with van der Waals surface area (Å²) in [6.45, 7) is 3.43. The lowest BCUT2D eigenvalue weighted by atomic mass is 10.2. The molecule has 19 heavy (non-hydrogen) atoms. The summed E-state index contributed by atoms with van der Waals surface area (Å²) in [5.41, 5.74) is 6.96. The van der Waals surface area contributed by atoms with Crippen LogP contribution in [0.2, 0.25) is 0 Å². The average Bonchev–Trinajstić information content (AvgIpc) is 2.85. The first-order valence-electron chi connectivity index (χ1n) is 5.52. The van der Waals surface area contributed by atoms with Crippen molar-refractivity contribution in [2.45, 2.75) is 24.8 Å². The second-order valence-electron chi connectivity index (χ2n) is 4.13. The van der Waals surface area contributed by atoms with Gasteiger partial charge in [0.15, 0.2) is 5.82 Å². The smallest absolute Gasteiger partial charge is 0.241 e. The van der Waals surface area contributed by atoms with Crippen LogP contribution in [-0.2, 0) is 10.0 Å². The fourth-order valence-corrected chi connectivity index (χ4v) is 2.73. The van der Waals surface area contributed by atoms with E-state index < -0.39 is 16.1 Å². The van der Waals surface area contributed by atoms with Gasteiger partial charge in [-0.25, -0.2) is 13.1 Å². The quantitative estimate of drug-likeness (QED) is 0.684. The molecule has 0 aliphatic heterocycles. The monoisotopic (exact) mass is 282 g/mol. The van der Waals surface area contributed by atoms with Gasteiger partial charge in [-0.15, -0.1) is 10.2 Å². The summed E-state index contributed by atoms with van der Waals surface area (Å²) in [5, 5.41) is 13.1. The summed E-state index contributed by atoms with van der Waals surface area (Å²) in [4.78, 5) is 0.103. The van der Waals surface area contributed by atoms with Gasteiger partial charge in [0.2, 0.25) is 10.0 Å². The van der Waals surface area contributed by atoms with Crippen LogP contribution in [0.25, 0.3) is 0 Å². The Morgan fingerprint density at radius 3 is 2.74 bits per heavy atom. The molecule has 0 spiro atoms. The highest BCUT2D eigenvalue weighted by molar-refractivity contribution is 7.89. The molecule has 2 rings (SSSR count). The van der Waals surface area contributed by atoms with Crippen LogP contribution in [0.4, 0.5) is 5.69 Å². The number of hydrogen-bond donors (Lipinski definition) is 3. The molecule has 1 heterocycles. The maximum Gasteiger partial charge on any atom is 0.241 e. The number of H-pyrrole nitrogens is 1. The van der Waals surface area contributed by atoms with E-state index in [4.69, 9.17) is 5.73 Å². The van der Waals surface area contributed by atoms with Crippen molar-refractivity contribution >= 4 is 15.7 Å². The third-order valence-corrected chi connectivity index (χ3v) is 4.18. The normalized spacial score (nSPS) is 13.4. The number of rotatable bonds is 4. The van der Waals surface area contributed by atoms with E-state index in [1.807, 2.05) is 0 Å². The van der Waals surface area contributed by atoms with Crippen molar-refractivity contribution in [3.05, 3.63) is 29.6 Å². The summed E-state index contributed by atoms with van der Waals surface area (Å²) >= 11 is 0. The Labute approximate surface area is 110 Å². The molecule has 0 radical (unpaired) electrons. The number of aromatic nitrogens is 4. The van der Waals surface area contributed by atoms with Crippen molar-refractivity contribution in [2.24, 2.45) is 0 Å². The maximum absolute atomic E-state index is 12.1. The van der Waals surface area contributed by atoms with E-state index in [1.54, 1.807) is 19.9 Å². The minimum atomic E-state index is -3.68. The van der Waals surface area contributed by atoms with E-state index in [2.05, 4.69) is 25.3 Å². The van der Waals surface area contributed by atoms with Crippen LogP contribution in [0.15, 0.2) is 23.1 Å². The highest BCUT2D eigenvalue weighted by atomic mass is 32.2. The van der Waals surface area contributed by atoms with Gasteiger partial charge in [-0.05, 0) is 31.5 Å². The van der Waals surface area contributed by atoms with Crippen LogP contribution in [0.3, 0.4) is 0 Å². The van der Waals surface area contributed by atoms with E-state index in [0.717, 1.165) is 5.56 Å². The summed E-state index contributed by atoms with van der Waals surface area (Å²) in [6.07, 6.45) is 0. The fourth-order valence-electron chi connectivity index (χ4n) is 1.49. The van der Waals surface area contributed by atoms with Gasteiger partial charge in [0.25, 0.3) is 0 Å². The van der Waals surface area contributed by atoms with Crippen LogP contribution < -0.4 is 10.5 Å². The van der Waals surface area contributed by atoms with Gasteiger partial charge in [-0.1, -0.05) is 11.3 Å². The summed E-state index contributed by atoms with van der Waals surface area (Å²) in [5.74, 6) is 0.267. The molecule has 9 heteroatoms. The molecule has 1 aromatic carbocycles. The molecule has 102 valence electrons. The summed E-state index contributed by atoms with van der Waals surface area (Å²) in [7, 11) is -3.68. The molecule has 0 aliphatic rings. The van der Waals surface area contributed by atoms with Gasteiger partial charge in [0.1, 0.15) is 0 Å². The van der Waals surface area contributed by atoms with Crippen molar-refractivity contribution in [2.75, 3.05) is 5.73 Å². The first kappa shape index (κ1) is 13.4. The van der Waals surface area contributed by atoms with Crippen molar-refractivity contribution in [1.82, 2.24) is 25.3 Å². The molecule has 1 aromatic heterocycles. The number of benzene rings is 1. The first-order chi connectivity index (χ1) is 8.90. The number of sulfonamides is 1. The fraction of sp³-hybridized carbons (Fsp3) is 0.300. The second kappa shape index (κ2) is 4.94. The zero-order valence-corrected chi connectivity index (χ0v) is 11.3. The van der Waals surface area contributed by atoms with Gasteiger partial charge in [-0.2, -0.15) is 5.21 Å². The number of nitrogens with zero attached hydrogens (tertiary/aromatic N) is 3. The SMILES string of the molecule is Cc1ccc(S(=O)(=O)NC(C)c2nn[nH]n2)cc1N. The minimum Gasteiger partial charge on any atom is -0.398 e. The van der Waals surface area contributed by atoms with Gasteiger partial charge < -0.3 is 5.73 Å². The Balaban J connectivity index is 2.25. The standard InChI is InChI=1S/C10H14N6O2S/c1-6-3-4-8(5-9(6)11)19(17,18)14-7(2)10-12-15-16-13-10/h3-5,7,14H,11H2,1-2H3,(H,12,13,15,16). The third kappa shape index (κ3) is 2.88. The second-order valence-corrected chi connectivity index (χ2v) is 5.85. The number of tetrazole rings is 1. The molecule has 8 nitrogen and oxygen atoms in total. The van der Waals surface area contributed by atoms with E-state index in [-0.39, 0.29) is 10.7 Å². The number of nitrogens with two attached hydrogens (primary N) is 1. The van der Waals surface area contributed by atoms with Crippen molar-refractivity contribution in [1.29, 1.82) is 0 Å². The van der Waals surface area contributed by atoms with E-state index in [1.165, 1.54) is 12.1 Å². The zero-order valence-electron chi connectivity index (χ0n) is 10.5. The van der Waals surface area contributed by atoms with E-state index in [0.29, 0.717) is 5.69 Å². The van der Waals surface area contributed by atoms with E-state index in [9.17, 15) is 8.42 Å². The molecule has 0 fully saturated rings. The Kier molecular flexibility index (Phi) is 3.49.